The van der Waals surface area contributed by atoms with Gasteiger partial charge in [0, 0.05) is 19.6 Å². The minimum atomic E-state index is -0.554. The third-order valence-electron chi connectivity index (χ3n) is 4.32. The van der Waals surface area contributed by atoms with Gasteiger partial charge in [-0.3, -0.25) is 4.79 Å². The Labute approximate surface area is 90.1 Å². The van der Waals surface area contributed by atoms with Gasteiger partial charge in [0.15, 0.2) is 11.4 Å². The van der Waals surface area contributed by atoms with Gasteiger partial charge in [0.2, 0.25) is 0 Å². The number of fused-ring (bicyclic) bond motifs is 1. The summed E-state index contributed by atoms with van der Waals surface area (Å²) in [6.45, 7) is 1.54. The van der Waals surface area contributed by atoms with E-state index >= 15 is 0 Å². The second-order valence-electron chi connectivity index (χ2n) is 5.00. The van der Waals surface area contributed by atoms with E-state index in [1.54, 1.807) is 0 Å². The zero-order chi connectivity index (χ0) is 10.4. The Bertz CT molecular complexity index is 273. The maximum absolute atomic E-state index is 12.1. The quantitative estimate of drug-likeness (QED) is 0.612. The van der Waals surface area contributed by atoms with E-state index < -0.39 is 5.60 Å². The van der Waals surface area contributed by atoms with Crippen molar-refractivity contribution >= 4 is 5.78 Å². The molecular weight excluding hydrogens is 192 g/mol. The Balaban J connectivity index is 1.97. The molecule has 1 saturated carbocycles. The largest absolute Gasteiger partial charge is 0.371 e. The summed E-state index contributed by atoms with van der Waals surface area (Å²) in [5.74, 6) is 0.295. The molecule has 0 aromatic heterocycles. The van der Waals surface area contributed by atoms with Crippen molar-refractivity contribution in [2.24, 2.45) is 0 Å². The Morgan fingerprint density at radius 3 is 2.47 bits per heavy atom. The fourth-order valence-corrected chi connectivity index (χ4v) is 3.56. The van der Waals surface area contributed by atoms with Gasteiger partial charge < -0.3 is 9.47 Å². The van der Waals surface area contributed by atoms with Gasteiger partial charge >= 0.3 is 0 Å². The second kappa shape index (κ2) is 3.29. The summed E-state index contributed by atoms with van der Waals surface area (Å²) in [7, 11) is 0. The first kappa shape index (κ1) is 9.79. The number of Topliss-reactive ketones (excluding diaryl/α,β-unsaturated/α-hetero) is 1. The lowest BCUT2D eigenvalue weighted by molar-refractivity contribution is -0.192. The van der Waals surface area contributed by atoms with Gasteiger partial charge in [-0.1, -0.05) is 0 Å². The summed E-state index contributed by atoms with van der Waals surface area (Å²) >= 11 is 0. The zero-order valence-corrected chi connectivity index (χ0v) is 9.09. The highest BCUT2D eigenvalue weighted by atomic mass is 16.6. The number of hydrogen-bond donors (Lipinski definition) is 0. The fraction of sp³-hybridized carbons (Fsp3) is 0.917. The zero-order valence-electron chi connectivity index (χ0n) is 9.09. The van der Waals surface area contributed by atoms with Gasteiger partial charge in [0.1, 0.15) is 5.60 Å². The highest BCUT2D eigenvalue weighted by Gasteiger charge is 2.63. The van der Waals surface area contributed by atoms with Crippen molar-refractivity contribution in [2.75, 3.05) is 13.2 Å². The van der Waals surface area contributed by atoms with Gasteiger partial charge in [-0.25, -0.2) is 0 Å². The molecule has 0 N–H and O–H groups in total. The average Bonchev–Trinajstić information content (AvgIpc) is 2.84. The lowest BCUT2D eigenvalue weighted by Crippen LogP contribution is -2.57. The molecular formula is C12H18O3. The third kappa shape index (κ3) is 1.16. The maximum atomic E-state index is 12.1. The van der Waals surface area contributed by atoms with Gasteiger partial charge in [0.25, 0.3) is 0 Å². The smallest absolute Gasteiger partial charge is 0.167 e. The van der Waals surface area contributed by atoms with Crippen LogP contribution in [0.3, 0.4) is 0 Å². The molecule has 0 aromatic rings. The molecule has 0 unspecified atom stereocenters. The fourth-order valence-electron chi connectivity index (χ4n) is 3.56. The highest BCUT2D eigenvalue weighted by molar-refractivity contribution is 5.91. The molecule has 3 nitrogen and oxygen atoms in total. The third-order valence-corrected chi connectivity index (χ3v) is 4.32. The lowest BCUT2D eigenvalue weighted by atomic mass is 9.78. The van der Waals surface area contributed by atoms with E-state index in [1.165, 1.54) is 0 Å². The number of hydrogen-bond acceptors (Lipinski definition) is 3. The molecule has 0 bridgehead atoms. The van der Waals surface area contributed by atoms with Crippen LogP contribution in [0.4, 0.5) is 0 Å². The van der Waals surface area contributed by atoms with Crippen molar-refractivity contribution in [3.05, 3.63) is 0 Å². The van der Waals surface area contributed by atoms with E-state index in [4.69, 9.17) is 9.47 Å². The summed E-state index contributed by atoms with van der Waals surface area (Å²) in [6.07, 6.45) is 6.71. The molecule has 0 aromatic carbocycles. The van der Waals surface area contributed by atoms with Crippen molar-refractivity contribution in [3.63, 3.8) is 0 Å². The van der Waals surface area contributed by atoms with Crippen LogP contribution in [0.25, 0.3) is 0 Å². The van der Waals surface area contributed by atoms with Gasteiger partial charge in [-0.15, -0.1) is 0 Å². The predicted molar refractivity (Wildman–Crippen MR) is 54.7 cm³/mol. The van der Waals surface area contributed by atoms with Gasteiger partial charge in [-0.05, 0) is 38.5 Å². The van der Waals surface area contributed by atoms with E-state index in [9.17, 15) is 4.79 Å². The van der Waals surface area contributed by atoms with Crippen molar-refractivity contribution in [2.45, 2.75) is 56.1 Å². The molecule has 3 heteroatoms. The van der Waals surface area contributed by atoms with Crippen LogP contribution in [0.5, 0.6) is 0 Å². The van der Waals surface area contributed by atoms with Crippen LogP contribution in [0, 0.1) is 0 Å². The molecule has 0 radical (unpaired) electrons. The van der Waals surface area contributed by atoms with E-state index in [1.807, 2.05) is 0 Å². The number of ketones is 1. The van der Waals surface area contributed by atoms with Crippen LogP contribution < -0.4 is 0 Å². The Morgan fingerprint density at radius 1 is 0.933 bits per heavy atom. The SMILES string of the molecule is O=C1CC[C@]2(CCCO2)[C@@]12CCCCO2. The highest BCUT2D eigenvalue weighted by Crippen LogP contribution is 2.51. The van der Waals surface area contributed by atoms with E-state index in [0.29, 0.717) is 12.2 Å². The minimum Gasteiger partial charge on any atom is -0.371 e. The summed E-state index contributed by atoms with van der Waals surface area (Å²) in [6, 6.07) is 0. The Kier molecular flexibility index (Phi) is 2.15. The molecule has 2 atom stereocenters. The number of ether oxygens (including phenoxy) is 2. The van der Waals surface area contributed by atoms with Crippen LogP contribution in [-0.2, 0) is 14.3 Å². The molecule has 1 aliphatic carbocycles. The normalized spacial score (nSPS) is 45.7. The predicted octanol–water partition coefficient (Wildman–Crippen LogP) is 1.84. The summed E-state index contributed by atoms with van der Waals surface area (Å²) in [4.78, 5) is 12.1. The molecule has 3 rings (SSSR count). The molecule has 2 spiro atoms. The molecule has 3 fully saturated rings. The average molecular weight is 210 g/mol. The first-order valence-electron chi connectivity index (χ1n) is 6.10. The van der Waals surface area contributed by atoms with Crippen molar-refractivity contribution < 1.29 is 14.3 Å². The van der Waals surface area contributed by atoms with Crippen LogP contribution in [0.2, 0.25) is 0 Å². The number of rotatable bonds is 0. The van der Waals surface area contributed by atoms with E-state index in [2.05, 4.69) is 0 Å². The lowest BCUT2D eigenvalue weighted by Gasteiger charge is -2.43. The monoisotopic (exact) mass is 210 g/mol. The molecule has 2 heterocycles. The van der Waals surface area contributed by atoms with E-state index in [-0.39, 0.29) is 5.60 Å². The topological polar surface area (TPSA) is 35.5 Å². The number of carbonyl (C=O) groups excluding carboxylic acids is 1. The van der Waals surface area contributed by atoms with Crippen molar-refractivity contribution in [1.82, 2.24) is 0 Å². The Hall–Kier alpha value is -0.410. The van der Waals surface area contributed by atoms with Crippen LogP contribution in [-0.4, -0.2) is 30.2 Å². The van der Waals surface area contributed by atoms with Gasteiger partial charge in [0.05, 0.1) is 0 Å². The molecule has 84 valence electrons. The van der Waals surface area contributed by atoms with Crippen molar-refractivity contribution in [3.8, 4) is 0 Å². The second-order valence-corrected chi connectivity index (χ2v) is 5.00. The molecule has 0 amide bonds. The molecule has 3 aliphatic rings. The van der Waals surface area contributed by atoms with Gasteiger partial charge in [-0.2, -0.15) is 0 Å². The summed E-state index contributed by atoms with van der Waals surface area (Å²) in [5, 5.41) is 0. The Morgan fingerprint density at radius 2 is 1.80 bits per heavy atom. The van der Waals surface area contributed by atoms with Crippen LogP contribution in [0.1, 0.15) is 44.9 Å². The molecule has 2 aliphatic heterocycles. The minimum absolute atomic E-state index is 0.246. The number of carbonyl (C=O) groups is 1. The standard InChI is InChI=1S/C12H18O3/c13-10-4-7-11(5-3-9-14-11)12(10)6-1-2-8-15-12/h1-9H2/t11-,12-/m1/s1. The van der Waals surface area contributed by atoms with Crippen molar-refractivity contribution in [1.29, 1.82) is 0 Å². The summed E-state index contributed by atoms with van der Waals surface area (Å²) < 4.78 is 11.8. The van der Waals surface area contributed by atoms with E-state index in [0.717, 1.165) is 51.7 Å². The first-order valence-corrected chi connectivity index (χ1v) is 6.10. The summed E-state index contributed by atoms with van der Waals surface area (Å²) in [5.41, 5.74) is -0.799. The molecule has 2 saturated heterocycles. The maximum Gasteiger partial charge on any atom is 0.167 e. The van der Waals surface area contributed by atoms with Crippen LogP contribution >= 0.6 is 0 Å². The molecule has 15 heavy (non-hydrogen) atoms. The van der Waals surface area contributed by atoms with Crippen LogP contribution in [0.15, 0.2) is 0 Å². The first-order chi connectivity index (χ1) is 7.29.